The highest BCUT2D eigenvalue weighted by molar-refractivity contribution is 5.90. The van der Waals surface area contributed by atoms with Gasteiger partial charge in [-0.1, -0.05) is 30.3 Å². The van der Waals surface area contributed by atoms with Crippen LogP contribution in [-0.4, -0.2) is 52.0 Å². The fraction of sp³-hybridized carbons (Fsp3) is 0.478. The fourth-order valence-electron chi connectivity index (χ4n) is 4.77. The molecule has 1 aromatic carbocycles. The van der Waals surface area contributed by atoms with Crippen LogP contribution in [0.1, 0.15) is 43.9 Å². The summed E-state index contributed by atoms with van der Waals surface area (Å²) in [5, 5.41) is 0. The number of amides is 1. The van der Waals surface area contributed by atoms with E-state index in [1.54, 1.807) is 11.8 Å². The number of piperidine rings is 1. The highest BCUT2D eigenvalue weighted by Gasteiger charge is 2.49. The molecule has 3 aliphatic rings. The van der Waals surface area contributed by atoms with Crippen molar-refractivity contribution in [2.45, 2.75) is 50.2 Å². The summed E-state index contributed by atoms with van der Waals surface area (Å²) < 4.78 is 11.6. The summed E-state index contributed by atoms with van der Waals surface area (Å²) in [4.78, 5) is 35.9. The second kappa shape index (κ2) is 7.16. The Labute approximate surface area is 175 Å². The first kappa shape index (κ1) is 19.2. The monoisotopic (exact) mass is 407 g/mol. The van der Waals surface area contributed by atoms with Crippen LogP contribution in [-0.2, 0) is 31.1 Å². The lowest BCUT2D eigenvalue weighted by molar-refractivity contribution is -0.167. The molecular formula is C23H25N3O4. The number of benzene rings is 1. The predicted molar refractivity (Wildman–Crippen MR) is 108 cm³/mol. The number of aromatic nitrogens is 2. The van der Waals surface area contributed by atoms with Gasteiger partial charge in [0.15, 0.2) is 11.4 Å². The van der Waals surface area contributed by atoms with Gasteiger partial charge in [0, 0.05) is 37.7 Å². The second-order valence-electron chi connectivity index (χ2n) is 8.52. The lowest BCUT2D eigenvalue weighted by Crippen LogP contribution is -2.54. The van der Waals surface area contributed by atoms with Crippen LogP contribution in [0.25, 0.3) is 11.4 Å². The lowest BCUT2D eigenvalue weighted by Gasteiger charge is -2.45. The van der Waals surface area contributed by atoms with Crippen LogP contribution in [0.4, 0.5) is 0 Å². The van der Waals surface area contributed by atoms with Crippen LogP contribution in [0.5, 0.6) is 0 Å². The van der Waals surface area contributed by atoms with E-state index < -0.39 is 11.2 Å². The zero-order valence-electron chi connectivity index (χ0n) is 17.1. The maximum Gasteiger partial charge on any atom is 0.307 e. The van der Waals surface area contributed by atoms with Crippen molar-refractivity contribution in [2.75, 3.05) is 19.7 Å². The summed E-state index contributed by atoms with van der Waals surface area (Å²) in [6.07, 6.45) is 4.80. The molecule has 1 aromatic heterocycles. The van der Waals surface area contributed by atoms with Gasteiger partial charge in [-0.3, -0.25) is 9.59 Å². The number of hydrogen-bond donors (Lipinski definition) is 0. The van der Waals surface area contributed by atoms with E-state index in [4.69, 9.17) is 14.5 Å². The second-order valence-corrected chi connectivity index (χ2v) is 8.52. The molecule has 1 unspecified atom stereocenters. The third-order valence-electron chi connectivity index (χ3n) is 6.53. The van der Waals surface area contributed by atoms with Gasteiger partial charge in [0.25, 0.3) is 5.91 Å². The van der Waals surface area contributed by atoms with E-state index >= 15 is 0 Å². The van der Waals surface area contributed by atoms with E-state index in [1.807, 2.05) is 36.5 Å². The first-order valence-electron chi connectivity index (χ1n) is 10.6. The normalized spacial score (nSPS) is 25.1. The Morgan fingerprint density at radius 1 is 1.10 bits per heavy atom. The van der Waals surface area contributed by atoms with Crippen molar-refractivity contribution in [3.63, 3.8) is 0 Å². The molecule has 1 spiro atoms. The van der Waals surface area contributed by atoms with Crippen molar-refractivity contribution in [2.24, 2.45) is 0 Å². The summed E-state index contributed by atoms with van der Waals surface area (Å²) in [5.41, 5.74) is 1.52. The molecule has 4 heterocycles. The van der Waals surface area contributed by atoms with Crippen molar-refractivity contribution in [3.05, 3.63) is 47.8 Å². The molecule has 2 aromatic rings. The number of esters is 1. The molecule has 1 amide bonds. The van der Waals surface area contributed by atoms with Crippen molar-refractivity contribution in [1.29, 1.82) is 0 Å². The maximum absolute atomic E-state index is 13.0. The number of carbonyl (C=O) groups is 2. The third-order valence-corrected chi connectivity index (χ3v) is 6.53. The Morgan fingerprint density at radius 3 is 2.57 bits per heavy atom. The minimum atomic E-state index is -1.03. The predicted octanol–water partition coefficient (Wildman–Crippen LogP) is 2.63. The third kappa shape index (κ3) is 3.17. The first-order valence-corrected chi connectivity index (χ1v) is 10.6. The van der Waals surface area contributed by atoms with Crippen LogP contribution >= 0.6 is 0 Å². The maximum atomic E-state index is 13.0. The molecule has 2 saturated heterocycles. The van der Waals surface area contributed by atoms with Gasteiger partial charge in [0.1, 0.15) is 5.60 Å². The van der Waals surface area contributed by atoms with E-state index in [0.29, 0.717) is 51.2 Å². The molecule has 7 heteroatoms. The van der Waals surface area contributed by atoms with E-state index in [2.05, 4.69) is 4.98 Å². The molecule has 3 aliphatic heterocycles. The fourth-order valence-corrected chi connectivity index (χ4v) is 4.77. The molecule has 156 valence electrons. The molecule has 2 fully saturated rings. The van der Waals surface area contributed by atoms with E-state index in [0.717, 1.165) is 23.2 Å². The lowest BCUT2D eigenvalue weighted by atomic mass is 9.82. The molecule has 5 rings (SSSR count). The van der Waals surface area contributed by atoms with Crippen molar-refractivity contribution in [1.82, 2.24) is 14.9 Å². The van der Waals surface area contributed by atoms with Gasteiger partial charge in [0.05, 0.1) is 12.3 Å². The summed E-state index contributed by atoms with van der Waals surface area (Å²) >= 11 is 0. The van der Waals surface area contributed by atoms with Gasteiger partial charge in [-0.2, -0.15) is 0 Å². The van der Waals surface area contributed by atoms with Crippen molar-refractivity contribution < 1.29 is 19.1 Å². The number of likely N-dealkylation sites (tertiary alicyclic amines) is 1. The van der Waals surface area contributed by atoms with E-state index in [9.17, 15) is 9.59 Å². The molecule has 0 aliphatic carbocycles. The highest BCUT2D eigenvalue weighted by atomic mass is 16.6. The number of carbonyl (C=O) groups excluding carboxylic acids is 2. The largest absolute Gasteiger partial charge is 0.449 e. The summed E-state index contributed by atoms with van der Waals surface area (Å²) in [5.74, 6) is 0.295. The van der Waals surface area contributed by atoms with Gasteiger partial charge in [-0.15, -0.1) is 0 Å². The van der Waals surface area contributed by atoms with Gasteiger partial charge in [-0.25, -0.2) is 9.97 Å². The standard InChI is InChI=1S/C23H25N3O4/c1-22(9-7-18(27)30-22)21(28)26-12-10-23(11-13-26)19-17(8-14-29-23)15-24-20(25-19)16-5-3-2-4-6-16/h2-6,15H,7-14H2,1H3. The van der Waals surface area contributed by atoms with E-state index in [-0.39, 0.29) is 11.9 Å². The van der Waals surface area contributed by atoms with Crippen molar-refractivity contribution >= 4 is 11.9 Å². The molecule has 7 nitrogen and oxygen atoms in total. The van der Waals surface area contributed by atoms with Gasteiger partial charge >= 0.3 is 5.97 Å². The summed E-state index contributed by atoms with van der Waals surface area (Å²) in [6, 6.07) is 9.93. The van der Waals surface area contributed by atoms with Gasteiger partial charge < -0.3 is 14.4 Å². The zero-order chi connectivity index (χ0) is 20.8. The smallest absolute Gasteiger partial charge is 0.307 e. The van der Waals surface area contributed by atoms with Gasteiger partial charge in [0.2, 0.25) is 0 Å². The van der Waals surface area contributed by atoms with Crippen LogP contribution in [0, 0.1) is 0 Å². The number of hydrogen-bond acceptors (Lipinski definition) is 6. The topological polar surface area (TPSA) is 81.6 Å². The Hall–Kier alpha value is -2.80. The van der Waals surface area contributed by atoms with Gasteiger partial charge in [-0.05, 0) is 31.7 Å². The van der Waals surface area contributed by atoms with Crippen LogP contribution < -0.4 is 0 Å². The number of fused-ring (bicyclic) bond motifs is 2. The molecule has 0 radical (unpaired) electrons. The molecule has 0 saturated carbocycles. The molecule has 1 atom stereocenters. The summed E-state index contributed by atoms with van der Waals surface area (Å²) in [6.45, 7) is 3.45. The van der Waals surface area contributed by atoms with Crippen LogP contribution in [0.15, 0.2) is 36.5 Å². The average Bonchev–Trinajstić information content (AvgIpc) is 3.14. The van der Waals surface area contributed by atoms with E-state index in [1.165, 1.54) is 0 Å². The minimum Gasteiger partial charge on any atom is -0.449 e. The van der Waals surface area contributed by atoms with Crippen molar-refractivity contribution in [3.8, 4) is 11.4 Å². The number of cyclic esters (lactones) is 1. The Kier molecular flexibility index (Phi) is 4.58. The first-order chi connectivity index (χ1) is 14.5. The number of ether oxygens (including phenoxy) is 2. The zero-order valence-corrected chi connectivity index (χ0v) is 17.1. The average molecular weight is 407 g/mol. The molecule has 30 heavy (non-hydrogen) atoms. The quantitative estimate of drug-likeness (QED) is 0.712. The molecule has 0 N–H and O–H groups in total. The Bertz CT molecular complexity index is 985. The molecular weight excluding hydrogens is 382 g/mol. The number of nitrogens with zero attached hydrogens (tertiary/aromatic N) is 3. The van der Waals surface area contributed by atoms with Crippen LogP contribution in [0.3, 0.4) is 0 Å². The van der Waals surface area contributed by atoms with Crippen LogP contribution in [0.2, 0.25) is 0 Å². The summed E-state index contributed by atoms with van der Waals surface area (Å²) in [7, 11) is 0. The minimum absolute atomic E-state index is 0.105. The number of rotatable bonds is 2. The Morgan fingerprint density at radius 2 is 1.87 bits per heavy atom. The highest BCUT2D eigenvalue weighted by Crippen LogP contribution is 2.41. The molecule has 0 bridgehead atoms. The SMILES string of the molecule is CC1(C(=O)N2CCC3(CC2)OCCc2cnc(-c4ccccc4)nc23)CCC(=O)O1. The Balaban J connectivity index is 1.39.